The van der Waals surface area contributed by atoms with Crippen molar-refractivity contribution in [3.8, 4) is 0 Å². The summed E-state index contributed by atoms with van der Waals surface area (Å²) in [7, 11) is 0. The van der Waals surface area contributed by atoms with Gasteiger partial charge in [0, 0.05) is 6.42 Å². The number of ether oxygens (including phenoxy) is 1. The highest BCUT2D eigenvalue weighted by molar-refractivity contribution is 14.1. The van der Waals surface area contributed by atoms with E-state index in [0.29, 0.717) is 6.42 Å². The Balaban J connectivity index is 3.69. The number of carbonyl (C=O) groups is 1. The van der Waals surface area contributed by atoms with Gasteiger partial charge in [0.05, 0.1) is 11.7 Å². The second-order valence-electron chi connectivity index (χ2n) is 3.60. The van der Waals surface area contributed by atoms with Crippen LogP contribution < -0.4 is 0 Å². The maximum atomic E-state index is 10.6. The Labute approximate surface area is 81.8 Å². The third-order valence-electron chi connectivity index (χ3n) is 1.00. The van der Waals surface area contributed by atoms with Crippen LogP contribution in [0, 0.1) is 0 Å². The van der Waals surface area contributed by atoms with E-state index in [9.17, 15) is 4.79 Å². The van der Waals surface area contributed by atoms with Gasteiger partial charge in [-0.15, -0.1) is 0 Å². The molecule has 1 unspecified atom stereocenters. The van der Waals surface area contributed by atoms with E-state index in [4.69, 9.17) is 4.74 Å². The van der Waals surface area contributed by atoms with Gasteiger partial charge < -0.3 is 4.74 Å². The average Bonchev–Trinajstić information content (AvgIpc) is 1.53. The van der Waals surface area contributed by atoms with Crippen molar-refractivity contribution in [2.45, 2.75) is 45.8 Å². The van der Waals surface area contributed by atoms with Crippen molar-refractivity contribution < 1.29 is 9.53 Å². The molecule has 0 aromatic heterocycles. The van der Waals surface area contributed by atoms with Gasteiger partial charge in [-0.05, 0) is 50.3 Å². The zero-order chi connectivity index (χ0) is 9.07. The fraction of sp³-hybridized carbons (Fsp3) is 0.875. The topological polar surface area (TPSA) is 26.3 Å². The van der Waals surface area contributed by atoms with Crippen LogP contribution in [0.25, 0.3) is 0 Å². The Bertz CT molecular complexity index is 138. The van der Waals surface area contributed by atoms with Gasteiger partial charge in [0.25, 0.3) is 0 Å². The van der Waals surface area contributed by atoms with Gasteiger partial charge in [0.2, 0.25) is 0 Å². The van der Waals surface area contributed by atoms with Gasteiger partial charge in [-0.2, -0.15) is 0 Å². The van der Waals surface area contributed by atoms with Gasteiger partial charge in [-0.25, -0.2) is 0 Å². The molecule has 0 bridgehead atoms. The lowest BCUT2D eigenvalue weighted by molar-refractivity contribution is -0.115. The molecule has 0 aromatic carbocycles. The number of carbonyl (C=O) groups excluding carboxylic acids is 1. The minimum atomic E-state index is -0.147. The van der Waals surface area contributed by atoms with Crippen LogP contribution in [0.1, 0.15) is 34.1 Å². The first-order valence-corrected chi connectivity index (χ1v) is 4.75. The second kappa shape index (κ2) is 4.40. The summed E-state index contributed by atoms with van der Waals surface area (Å²) < 4.78 is 5.68. The number of rotatable bonds is 3. The second-order valence-corrected chi connectivity index (χ2v) is 4.80. The van der Waals surface area contributed by atoms with Crippen molar-refractivity contribution in [3.05, 3.63) is 0 Å². The fourth-order valence-electron chi connectivity index (χ4n) is 0.871. The molecular weight excluding hydrogens is 255 g/mol. The SMILES string of the molecule is CC(CC(=O)I)OC(C)(C)C. The summed E-state index contributed by atoms with van der Waals surface area (Å²) >= 11 is 1.79. The molecule has 0 heterocycles. The van der Waals surface area contributed by atoms with Crippen LogP contribution in [0.2, 0.25) is 0 Å². The number of hydrogen-bond donors (Lipinski definition) is 0. The summed E-state index contributed by atoms with van der Waals surface area (Å²) in [5, 5.41) is 0. The quantitative estimate of drug-likeness (QED) is 0.582. The monoisotopic (exact) mass is 270 g/mol. The van der Waals surface area contributed by atoms with E-state index in [1.165, 1.54) is 0 Å². The van der Waals surface area contributed by atoms with E-state index in [2.05, 4.69) is 0 Å². The molecule has 0 radical (unpaired) electrons. The number of hydrogen-bond acceptors (Lipinski definition) is 2. The summed E-state index contributed by atoms with van der Waals surface area (Å²) in [5.41, 5.74) is -0.147. The molecule has 0 amide bonds. The van der Waals surface area contributed by atoms with Gasteiger partial charge in [0.1, 0.15) is 0 Å². The van der Waals surface area contributed by atoms with Crippen molar-refractivity contribution in [2.75, 3.05) is 0 Å². The van der Waals surface area contributed by atoms with E-state index in [0.717, 1.165) is 0 Å². The molecule has 0 N–H and O–H groups in total. The van der Waals surface area contributed by atoms with E-state index in [1.54, 1.807) is 22.6 Å². The molecule has 0 aromatic rings. The lowest BCUT2D eigenvalue weighted by Gasteiger charge is -2.24. The molecule has 0 aliphatic carbocycles. The lowest BCUT2D eigenvalue weighted by atomic mass is 10.2. The van der Waals surface area contributed by atoms with Crippen LogP contribution in [0.15, 0.2) is 0 Å². The largest absolute Gasteiger partial charge is 0.372 e. The molecule has 0 aliphatic heterocycles. The Hall–Kier alpha value is 0.360. The molecule has 2 nitrogen and oxygen atoms in total. The highest BCUT2D eigenvalue weighted by Gasteiger charge is 2.16. The van der Waals surface area contributed by atoms with E-state index in [1.807, 2.05) is 27.7 Å². The highest BCUT2D eigenvalue weighted by Crippen LogP contribution is 2.13. The predicted octanol–water partition coefficient (Wildman–Crippen LogP) is 2.54. The van der Waals surface area contributed by atoms with Crippen LogP contribution in [0.4, 0.5) is 0 Å². The van der Waals surface area contributed by atoms with Gasteiger partial charge in [-0.1, -0.05) is 0 Å². The zero-order valence-electron chi connectivity index (χ0n) is 7.48. The minimum Gasteiger partial charge on any atom is -0.372 e. The van der Waals surface area contributed by atoms with E-state index < -0.39 is 0 Å². The first-order chi connectivity index (χ1) is 4.81. The Morgan fingerprint density at radius 2 is 2.00 bits per heavy atom. The Morgan fingerprint density at radius 1 is 1.55 bits per heavy atom. The van der Waals surface area contributed by atoms with Crippen LogP contribution in [-0.4, -0.2) is 15.5 Å². The van der Waals surface area contributed by atoms with Crippen molar-refractivity contribution in [1.82, 2.24) is 0 Å². The maximum absolute atomic E-state index is 10.6. The molecule has 3 heteroatoms. The minimum absolute atomic E-state index is 0.0272. The summed E-state index contributed by atoms with van der Waals surface area (Å²) in [6, 6.07) is 0. The summed E-state index contributed by atoms with van der Waals surface area (Å²) in [4.78, 5) is 10.6. The molecule has 0 saturated heterocycles. The fourth-order valence-corrected chi connectivity index (χ4v) is 1.49. The maximum Gasteiger partial charge on any atom is 0.194 e. The summed E-state index contributed by atoms with van der Waals surface area (Å²) in [6.07, 6.45) is 0.525. The molecule has 0 spiro atoms. The van der Waals surface area contributed by atoms with Gasteiger partial charge >= 0.3 is 0 Å². The molecule has 1 atom stereocenters. The molecule has 0 saturated carbocycles. The van der Waals surface area contributed by atoms with Crippen molar-refractivity contribution in [1.29, 1.82) is 0 Å². The smallest absolute Gasteiger partial charge is 0.194 e. The summed E-state index contributed by atoms with van der Waals surface area (Å²) in [5.74, 6) is 0. The molecule has 0 rings (SSSR count). The molecule has 0 aliphatic rings. The van der Waals surface area contributed by atoms with Crippen LogP contribution in [-0.2, 0) is 9.53 Å². The van der Waals surface area contributed by atoms with Crippen LogP contribution >= 0.6 is 22.6 Å². The highest BCUT2D eigenvalue weighted by atomic mass is 127. The molecule has 11 heavy (non-hydrogen) atoms. The van der Waals surface area contributed by atoms with Crippen molar-refractivity contribution >= 4 is 26.4 Å². The van der Waals surface area contributed by atoms with Gasteiger partial charge in [-0.3, -0.25) is 4.79 Å². The van der Waals surface area contributed by atoms with Crippen LogP contribution in [0.3, 0.4) is 0 Å². The van der Waals surface area contributed by atoms with Crippen molar-refractivity contribution in [2.24, 2.45) is 0 Å². The van der Waals surface area contributed by atoms with E-state index >= 15 is 0 Å². The van der Waals surface area contributed by atoms with Crippen molar-refractivity contribution in [3.63, 3.8) is 0 Å². The molecular formula is C8H15IO2. The summed E-state index contributed by atoms with van der Waals surface area (Å²) in [6.45, 7) is 7.88. The zero-order valence-corrected chi connectivity index (χ0v) is 9.64. The third-order valence-corrected chi connectivity index (χ3v) is 1.44. The standard InChI is InChI=1S/C8H15IO2/c1-6(5-7(9)10)11-8(2,3)4/h6H,5H2,1-4H3. The predicted molar refractivity (Wildman–Crippen MR) is 53.9 cm³/mol. The molecule has 66 valence electrons. The third kappa shape index (κ3) is 8.26. The van der Waals surface area contributed by atoms with Crippen LogP contribution in [0.5, 0.6) is 0 Å². The average molecular weight is 270 g/mol. The van der Waals surface area contributed by atoms with Gasteiger partial charge in [0.15, 0.2) is 3.79 Å². The first-order valence-electron chi connectivity index (χ1n) is 3.67. The van der Waals surface area contributed by atoms with E-state index in [-0.39, 0.29) is 15.5 Å². The lowest BCUT2D eigenvalue weighted by Crippen LogP contribution is -2.26. The Morgan fingerprint density at radius 3 is 2.27 bits per heavy atom. The number of halogens is 1. The normalized spacial score (nSPS) is 14.6. The Kier molecular flexibility index (Phi) is 4.55. The first kappa shape index (κ1) is 11.4. The molecule has 0 fully saturated rings.